The summed E-state index contributed by atoms with van der Waals surface area (Å²) < 4.78 is 1.67. The van der Waals surface area contributed by atoms with Crippen LogP contribution >= 0.6 is 0 Å². The van der Waals surface area contributed by atoms with Crippen molar-refractivity contribution in [1.82, 2.24) is 19.5 Å². The number of fused-ring (bicyclic) bond motifs is 1. The van der Waals surface area contributed by atoms with Gasteiger partial charge in [0, 0.05) is 12.4 Å². The van der Waals surface area contributed by atoms with E-state index in [1.807, 2.05) is 24.3 Å². The maximum Gasteiger partial charge on any atom is 0.291 e. The third-order valence-corrected chi connectivity index (χ3v) is 2.37. The first kappa shape index (κ1) is 8.84. The Morgan fingerprint density at radius 1 is 1.19 bits per heavy atom. The molecule has 0 amide bonds. The molecule has 0 spiro atoms. The Hall–Kier alpha value is -2.43. The number of nitrogens with one attached hydrogen (secondary N) is 1. The van der Waals surface area contributed by atoms with Gasteiger partial charge in [-0.2, -0.15) is 0 Å². The van der Waals surface area contributed by atoms with Crippen LogP contribution in [0.15, 0.2) is 47.8 Å². The highest BCUT2D eigenvalue weighted by molar-refractivity contribution is 5.76. The zero-order valence-electron chi connectivity index (χ0n) is 8.29. The first-order valence-electron chi connectivity index (χ1n) is 4.82. The molecular formula is C11H8N4O. The van der Waals surface area contributed by atoms with Gasteiger partial charge in [-0.05, 0) is 12.1 Å². The van der Waals surface area contributed by atoms with Crippen LogP contribution in [0.3, 0.4) is 0 Å². The van der Waals surface area contributed by atoms with Crippen molar-refractivity contribution in [3.05, 3.63) is 53.3 Å². The third kappa shape index (κ3) is 1.22. The number of hydrogen-bond donors (Lipinski definition) is 1. The topological polar surface area (TPSA) is 63.6 Å². The van der Waals surface area contributed by atoms with E-state index in [4.69, 9.17) is 0 Å². The summed E-state index contributed by atoms with van der Waals surface area (Å²) >= 11 is 0. The van der Waals surface area contributed by atoms with Gasteiger partial charge in [0.25, 0.3) is 5.56 Å². The fourth-order valence-corrected chi connectivity index (χ4v) is 1.64. The molecule has 1 aromatic carbocycles. The highest BCUT2D eigenvalue weighted by Gasteiger charge is 2.07. The lowest BCUT2D eigenvalue weighted by Crippen LogP contribution is -2.15. The Kier molecular flexibility index (Phi) is 1.83. The summed E-state index contributed by atoms with van der Waals surface area (Å²) in [6.07, 6.45) is 4.65. The second kappa shape index (κ2) is 3.30. The number of para-hydroxylation sites is 2. The zero-order chi connectivity index (χ0) is 11.0. The maximum atomic E-state index is 11.6. The molecule has 1 N–H and O–H groups in total. The van der Waals surface area contributed by atoms with Gasteiger partial charge in [-0.3, -0.25) is 9.36 Å². The molecule has 3 aromatic rings. The van der Waals surface area contributed by atoms with Gasteiger partial charge in [-0.15, -0.1) is 0 Å². The fourth-order valence-electron chi connectivity index (χ4n) is 1.64. The molecule has 5 nitrogen and oxygen atoms in total. The standard InChI is InChI=1S/C11H8N4O/c16-11-10(12-5-6-13-11)15-7-14-8-3-1-2-4-9(8)15/h1-7H,(H,13,16). The van der Waals surface area contributed by atoms with E-state index >= 15 is 0 Å². The molecule has 0 aliphatic heterocycles. The molecule has 78 valence electrons. The Labute approximate surface area is 90.4 Å². The summed E-state index contributed by atoms with van der Waals surface area (Å²) in [5.41, 5.74) is 1.48. The molecule has 2 heterocycles. The Balaban J connectivity index is 2.35. The Bertz CT molecular complexity index is 698. The number of aromatic nitrogens is 4. The van der Waals surface area contributed by atoms with E-state index in [0.29, 0.717) is 5.82 Å². The van der Waals surface area contributed by atoms with Crippen molar-refractivity contribution in [3.8, 4) is 5.82 Å². The van der Waals surface area contributed by atoms with Crippen LogP contribution in [0.1, 0.15) is 0 Å². The van der Waals surface area contributed by atoms with E-state index < -0.39 is 0 Å². The molecular weight excluding hydrogens is 204 g/mol. The predicted molar refractivity (Wildman–Crippen MR) is 59.5 cm³/mol. The number of rotatable bonds is 1. The third-order valence-electron chi connectivity index (χ3n) is 2.37. The van der Waals surface area contributed by atoms with E-state index in [-0.39, 0.29) is 5.56 Å². The van der Waals surface area contributed by atoms with Gasteiger partial charge in [0.05, 0.1) is 11.0 Å². The first-order valence-corrected chi connectivity index (χ1v) is 4.82. The van der Waals surface area contributed by atoms with Crippen LogP contribution in [-0.2, 0) is 0 Å². The maximum absolute atomic E-state index is 11.6. The van der Waals surface area contributed by atoms with E-state index in [1.165, 1.54) is 6.20 Å². The molecule has 0 radical (unpaired) electrons. The average molecular weight is 212 g/mol. The van der Waals surface area contributed by atoms with Crippen molar-refractivity contribution in [2.24, 2.45) is 0 Å². The molecule has 2 aromatic heterocycles. The van der Waals surface area contributed by atoms with Crippen LogP contribution in [0.2, 0.25) is 0 Å². The lowest BCUT2D eigenvalue weighted by Gasteiger charge is -2.00. The molecule has 3 rings (SSSR count). The monoisotopic (exact) mass is 212 g/mol. The number of aromatic amines is 1. The van der Waals surface area contributed by atoms with Crippen LogP contribution < -0.4 is 5.56 Å². The van der Waals surface area contributed by atoms with Crippen LogP contribution in [0, 0.1) is 0 Å². The SMILES string of the molecule is O=c1[nH]ccnc1-n1cnc2ccccc21. The minimum Gasteiger partial charge on any atom is -0.324 e. The lowest BCUT2D eigenvalue weighted by atomic mass is 10.3. The predicted octanol–water partition coefficient (Wildman–Crippen LogP) is 1.11. The molecule has 0 saturated carbocycles. The summed E-state index contributed by atoms with van der Waals surface area (Å²) in [5, 5.41) is 0. The van der Waals surface area contributed by atoms with E-state index in [1.54, 1.807) is 17.1 Å². The van der Waals surface area contributed by atoms with E-state index in [0.717, 1.165) is 11.0 Å². The minimum atomic E-state index is -0.231. The van der Waals surface area contributed by atoms with Gasteiger partial charge in [0.15, 0.2) is 0 Å². The zero-order valence-corrected chi connectivity index (χ0v) is 8.29. The molecule has 0 aliphatic rings. The summed E-state index contributed by atoms with van der Waals surface area (Å²) in [5.74, 6) is 0.330. The molecule has 0 fully saturated rings. The van der Waals surface area contributed by atoms with Crippen molar-refractivity contribution in [3.63, 3.8) is 0 Å². The van der Waals surface area contributed by atoms with Crippen LogP contribution in [-0.4, -0.2) is 19.5 Å². The van der Waals surface area contributed by atoms with Crippen molar-refractivity contribution < 1.29 is 0 Å². The van der Waals surface area contributed by atoms with Crippen molar-refractivity contribution in [2.45, 2.75) is 0 Å². The molecule has 0 atom stereocenters. The van der Waals surface area contributed by atoms with Crippen LogP contribution in [0.25, 0.3) is 16.9 Å². The van der Waals surface area contributed by atoms with Gasteiger partial charge in [0.1, 0.15) is 6.33 Å². The number of benzene rings is 1. The summed E-state index contributed by atoms with van der Waals surface area (Å²) in [7, 11) is 0. The van der Waals surface area contributed by atoms with Gasteiger partial charge < -0.3 is 4.98 Å². The molecule has 0 saturated heterocycles. The fraction of sp³-hybridized carbons (Fsp3) is 0. The number of hydrogen-bond acceptors (Lipinski definition) is 3. The van der Waals surface area contributed by atoms with Crippen molar-refractivity contribution in [2.75, 3.05) is 0 Å². The molecule has 0 aliphatic carbocycles. The van der Waals surface area contributed by atoms with Crippen molar-refractivity contribution in [1.29, 1.82) is 0 Å². The van der Waals surface area contributed by atoms with Crippen molar-refractivity contribution >= 4 is 11.0 Å². The second-order valence-corrected chi connectivity index (χ2v) is 3.35. The van der Waals surface area contributed by atoms with Crippen LogP contribution in [0.5, 0.6) is 0 Å². The Morgan fingerprint density at radius 2 is 2.06 bits per heavy atom. The van der Waals surface area contributed by atoms with Gasteiger partial charge in [0.2, 0.25) is 5.82 Å². The molecule has 0 unspecified atom stereocenters. The van der Waals surface area contributed by atoms with E-state index in [9.17, 15) is 4.79 Å². The minimum absolute atomic E-state index is 0.231. The smallest absolute Gasteiger partial charge is 0.291 e. The number of imidazole rings is 1. The van der Waals surface area contributed by atoms with Gasteiger partial charge >= 0.3 is 0 Å². The summed E-state index contributed by atoms with van der Waals surface area (Å²) in [6, 6.07) is 7.60. The normalized spacial score (nSPS) is 10.8. The van der Waals surface area contributed by atoms with Gasteiger partial charge in [-0.1, -0.05) is 12.1 Å². The quantitative estimate of drug-likeness (QED) is 0.657. The van der Waals surface area contributed by atoms with Gasteiger partial charge in [-0.25, -0.2) is 9.97 Å². The average Bonchev–Trinajstić information content (AvgIpc) is 2.74. The summed E-state index contributed by atoms with van der Waals surface area (Å²) in [4.78, 5) is 22.4. The number of nitrogens with zero attached hydrogens (tertiary/aromatic N) is 3. The second-order valence-electron chi connectivity index (χ2n) is 3.35. The number of H-pyrrole nitrogens is 1. The summed E-state index contributed by atoms with van der Waals surface area (Å²) in [6.45, 7) is 0. The Morgan fingerprint density at radius 3 is 2.94 bits per heavy atom. The highest BCUT2D eigenvalue weighted by Crippen LogP contribution is 2.13. The molecule has 16 heavy (non-hydrogen) atoms. The largest absolute Gasteiger partial charge is 0.324 e. The van der Waals surface area contributed by atoms with E-state index in [2.05, 4.69) is 15.0 Å². The molecule has 5 heteroatoms. The molecule has 0 bridgehead atoms. The first-order chi connectivity index (χ1) is 7.86. The van der Waals surface area contributed by atoms with Crippen LogP contribution in [0.4, 0.5) is 0 Å². The lowest BCUT2D eigenvalue weighted by molar-refractivity contribution is 0.967. The highest BCUT2D eigenvalue weighted by atomic mass is 16.1.